The molecule has 1 aromatic carbocycles. The number of hydrogen-bond acceptors (Lipinski definition) is 6. The van der Waals surface area contributed by atoms with Gasteiger partial charge in [0.1, 0.15) is 5.82 Å². The zero-order chi connectivity index (χ0) is 21.3. The number of benzene rings is 1. The fourth-order valence-corrected chi connectivity index (χ4v) is 5.60. The van der Waals surface area contributed by atoms with Crippen LogP contribution >= 0.6 is 0 Å². The molecule has 0 bridgehead atoms. The number of nitrogens with zero attached hydrogens (tertiary/aromatic N) is 5. The number of anilines is 2. The molecule has 2 aliphatic rings. The van der Waals surface area contributed by atoms with E-state index in [1.807, 2.05) is 4.90 Å². The van der Waals surface area contributed by atoms with E-state index in [-0.39, 0.29) is 10.8 Å². The Labute approximate surface area is 176 Å². The number of sulfonamides is 1. The number of piperazine rings is 1. The van der Waals surface area contributed by atoms with Gasteiger partial charge in [-0.25, -0.2) is 13.4 Å². The summed E-state index contributed by atoms with van der Waals surface area (Å²) in [7, 11) is -3.63. The zero-order valence-corrected chi connectivity index (χ0v) is 17.6. The molecule has 2 fully saturated rings. The van der Waals surface area contributed by atoms with Crippen LogP contribution in [0.1, 0.15) is 24.0 Å². The van der Waals surface area contributed by atoms with E-state index in [1.165, 1.54) is 4.31 Å². The normalized spacial score (nSPS) is 17.9. The Morgan fingerprint density at radius 3 is 2.47 bits per heavy atom. The van der Waals surface area contributed by atoms with Crippen LogP contribution in [0.5, 0.6) is 0 Å². The van der Waals surface area contributed by atoms with Gasteiger partial charge in [-0.1, -0.05) is 0 Å². The van der Waals surface area contributed by atoms with Crippen LogP contribution in [0.4, 0.5) is 11.5 Å². The zero-order valence-electron chi connectivity index (χ0n) is 16.8. The molecule has 30 heavy (non-hydrogen) atoms. The van der Waals surface area contributed by atoms with Crippen LogP contribution < -0.4 is 9.80 Å². The van der Waals surface area contributed by atoms with Crippen molar-refractivity contribution in [2.75, 3.05) is 42.5 Å². The van der Waals surface area contributed by atoms with Crippen LogP contribution in [-0.4, -0.2) is 56.3 Å². The van der Waals surface area contributed by atoms with Gasteiger partial charge >= 0.3 is 0 Å². The fourth-order valence-electron chi connectivity index (χ4n) is 3.97. The van der Waals surface area contributed by atoms with E-state index in [1.54, 1.807) is 48.4 Å². The molecule has 0 spiro atoms. The number of rotatable bonds is 4. The third kappa shape index (κ3) is 3.76. The smallest absolute Gasteiger partial charge is 0.243 e. The number of aryl methyl sites for hydroxylation is 1. The summed E-state index contributed by atoms with van der Waals surface area (Å²) < 4.78 is 27.9. The standard InChI is InChI=1S/C21H23N5O3S/c1-16-13-18(26-8-2-3-21(26)27)4-5-19(16)30(28,29)25-11-9-24(10-12-25)20-14-17(15-22)6-7-23-20/h4-7,13-14H,2-3,8-12H2,1H3. The molecule has 4 rings (SSSR count). The first-order valence-electron chi connectivity index (χ1n) is 9.92. The van der Waals surface area contributed by atoms with Gasteiger partial charge in [0.15, 0.2) is 0 Å². The first-order valence-corrected chi connectivity index (χ1v) is 11.4. The third-order valence-corrected chi connectivity index (χ3v) is 7.66. The highest BCUT2D eigenvalue weighted by Crippen LogP contribution is 2.28. The van der Waals surface area contributed by atoms with Crippen LogP contribution in [0, 0.1) is 18.3 Å². The highest BCUT2D eigenvalue weighted by Gasteiger charge is 2.31. The average molecular weight is 426 g/mol. The number of pyridine rings is 1. The van der Waals surface area contributed by atoms with Crippen molar-refractivity contribution in [3.63, 3.8) is 0 Å². The molecule has 156 valence electrons. The summed E-state index contributed by atoms with van der Waals surface area (Å²) in [4.78, 5) is 20.2. The second kappa shape index (κ2) is 8.05. The van der Waals surface area contributed by atoms with E-state index in [0.29, 0.717) is 56.1 Å². The summed E-state index contributed by atoms with van der Waals surface area (Å²) >= 11 is 0. The van der Waals surface area contributed by atoms with E-state index >= 15 is 0 Å². The molecule has 9 heteroatoms. The molecule has 1 aromatic heterocycles. The molecular weight excluding hydrogens is 402 g/mol. The van der Waals surface area contributed by atoms with Crippen LogP contribution in [-0.2, 0) is 14.8 Å². The molecule has 0 saturated carbocycles. The van der Waals surface area contributed by atoms with Gasteiger partial charge in [-0.2, -0.15) is 9.57 Å². The molecule has 0 unspecified atom stereocenters. The number of amides is 1. The lowest BCUT2D eigenvalue weighted by atomic mass is 10.2. The number of hydrogen-bond donors (Lipinski definition) is 0. The quantitative estimate of drug-likeness (QED) is 0.742. The number of carbonyl (C=O) groups excluding carboxylic acids is 1. The Hall–Kier alpha value is -2.96. The molecule has 0 aliphatic carbocycles. The number of nitriles is 1. The van der Waals surface area contributed by atoms with Gasteiger partial charge < -0.3 is 9.80 Å². The van der Waals surface area contributed by atoms with E-state index < -0.39 is 10.0 Å². The summed E-state index contributed by atoms with van der Waals surface area (Å²) in [5.74, 6) is 0.761. The fraction of sp³-hybridized carbons (Fsp3) is 0.381. The third-order valence-electron chi connectivity index (χ3n) is 5.60. The minimum absolute atomic E-state index is 0.0789. The van der Waals surface area contributed by atoms with Gasteiger partial charge in [0, 0.05) is 51.0 Å². The topological polar surface area (TPSA) is 97.6 Å². The first-order chi connectivity index (χ1) is 14.4. The molecule has 0 N–H and O–H groups in total. The Morgan fingerprint density at radius 1 is 1.07 bits per heavy atom. The van der Waals surface area contributed by atoms with E-state index in [0.717, 1.165) is 12.1 Å². The first kappa shape index (κ1) is 20.3. The maximum Gasteiger partial charge on any atom is 0.243 e. The molecule has 2 aromatic rings. The van der Waals surface area contributed by atoms with Crippen molar-refractivity contribution in [1.82, 2.24) is 9.29 Å². The van der Waals surface area contributed by atoms with Crippen LogP contribution in [0.25, 0.3) is 0 Å². The lowest BCUT2D eigenvalue weighted by Crippen LogP contribution is -2.49. The van der Waals surface area contributed by atoms with Gasteiger partial charge in [-0.3, -0.25) is 4.79 Å². The second-order valence-electron chi connectivity index (χ2n) is 7.50. The Morgan fingerprint density at radius 2 is 1.83 bits per heavy atom. The summed E-state index contributed by atoms with van der Waals surface area (Å²) in [6.07, 6.45) is 2.96. The Balaban J connectivity index is 1.49. The summed E-state index contributed by atoms with van der Waals surface area (Å²) in [6.45, 7) is 4.12. The van der Waals surface area contributed by atoms with E-state index in [9.17, 15) is 13.2 Å². The van der Waals surface area contributed by atoms with Gasteiger partial charge in [-0.05, 0) is 49.2 Å². The minimum atomic E-state index is -3.63. The lowest BCUT2D eigenvalue weighted by Gasteiger charge is -2.35. The maximum atomic E-state index is 13.2. The van der Waals surface area contributed by atoms with E-state index in [2.05, 4.69) is 11.1 Å². The summed E-state index contributed by atoms with van der Waals surface area (Å²) in [5, 5.41) is 9.06. The molecule has 2 saturated heterocycles. The summed E-state index contributed by atoms with van der Waals surface area (Å²) in [5.41, 5.74) is 1.92. The van der Waals surface area contributed by atoms with Gasteiger partial charge in [0.2, 0.25) is 15.9 Å². The number of carbonyl (C=O) groups is 1. The SMILES string of the molecule is Cc1cc(N2CCCC2=O)ccc1S(=O)(=O)N1CCN(c2cc(C#N)ccn2)CC1. The molecular formula is C21H23N5O3S. The second-order valence-corrected chi connectivity index (χ2v) is 9.41. The molecule has 0 atom stereocenters. The predicted octanol–water partition coefficient (Wildman–Crippen LogP) is 1.90. The van der Waals surface area contributed by atoms with Crippen molar-refractivity contribution >= 4 is 27.4 Å². The molecule has 0 radical (unpaired) electrons. The van der Waals surface area contributed by atoms with E-state index in [4.69, 9.17) is 5.26 Å². The van der Waals surface area contributed by atoms with Gasteiger partial charge in [0.25, 0.3) is 0 Å². The van der Waals surface area contributed by atoms with Crippen molar-refractivity contribution in [2.45, 2.75) is 24.7 Å². The van der Waals surface area contributed by atoms with Gasteiger partial charge in [-0.15, -0.1) is 0 Å². The molecule has 3 heterocycles. The Kier molecular flexibility index (Phi) is 5.45. The van der Waals surface area contributed by atoms with Crippen LogP contribution in [0.3, 0.4) is 0 Å². The molecule has 8 nitrogen and oxygen atoms in total. The van der Waals surface area contributed by atoms with Crippen molar-refractivity contribution in [1.29, 1.82) is 5.26 Å². The monoisotopic (exact) mass is 425 g/mol. The molecule has 2 aliphatic heterocycles. The largest absolute Gasteiger partial charge is 0.354 e. The highest BCUT2D eigenvalue weighted by atomic mass is 32.2. The Bertz CT molecular complexity index is 1120. The maximum absolute atomic E-state index is 13.2. The van der Waals surface area contributed by atoms with Crippen molar-refractivity contribution in [2.24, 2.45) is 0 Å². The average Bonchev–Trinajstić information content (AvgIpc) is 3.19. The number of aromatic nitrogens is 1. The predicted molar refractivity (Wildman–Crippen MR) is 113 cm³/mol. The van der Waals surface area contributed by atoms with Crippen molar-refractivity contribution in [3.8, 4) is 6.07 Å². The lowest BCUT2D eigenvalue weighted by molar-refractivity contribution is -0.117. The molecule has 1 amide bonds. The van der Waals surface area contributed by atoms with Gasteiger partial charge in [0.05, 0.1) is 16.5 Å². The summed E-state index contributed by atoms with van der Waals surface area (Å²) in [6, 6.07) is 10.6. The minimum Gasteiger partial charge on any atom is -0.354 e. The highest BCUT2D eigenvalue weighted by molar-refractivity contribution is 7.89. The van der Waals surface area contributed by atoms with Crippen LogP contribution in [0.15, 0.2) is 41.4 Å². The van der Waals surface area contributed by atoms with Crippen LogP contribution in [0.2, 0.25) is 0 Å². The van der Waals surface area contributed by atoms with Crippen molar-refractivity contribution < 1.29 is 13.2 Å². The van der Waals surface area contributed by atoms with Crippen molar-refractivity contribution in [3.05, 3.63) is 47.7 Å².